The summed E-state index contributed by atoms with van der Waals surface area (Å²) < 4.78 is 83.1. The molecule has 0 N–H and O–H groups in total. The van der Waals surface area contributed by atoms with Crippen LogP contribution >= 0.6 is 0 Å². The van der Waals surface area contributed by atoms with E-state index < -0.39 is 50.9 Å². The van der Waals surface area contributed by atoms with Crippen LogP contribution in [0.15, 0.2) is 88.7 Å². The largest absolute Gasteiger partial charge is 0.365 e. The van der Waals surface area contributed by atoms with Gasteiger partial charge < -0.3 is 14.2 Å². The fourth-order valence-electron chi connectivity index (χ4n) is 4.98. The average Bonchev–Trinajstić information content (AvgIpc) is 2.94. The van der Waals surface area contributed by atoms with Crippen molar-refractivity contribution in [3.63, 3.8) is 0 Å². The van der Waals surface area contributed by atoms with Crippen LogP contribution in [-0.4, -0.2) is 54.7 Å². The maximum absolute atomic E-state index is 13.5. The molecule has 5 rings (SSSR count). The molecule has 3 aromatic carbocycles. The molecule has 0 aliphatic carbocycles. The lowest BCUT2D eigenvalue weighted by Gasteiger charge is -2.48. The zero-order chi connectivity index (χ0) is 28.5. The average molecular weight is 589 g/mol. The molecule has 0 spiro atoms. The number of rotatable bonds is 8. The first-order valence-electron chi connectivity index (χ1n) is 13.0. The highest BCUT2D eigenvalue weighted by Gasteiger charge is 2.54. The van der Waals surface area contributed by atoms with Crippen LogP contribution in [0.5, 0.6) is 0 Å². The molecule has 2 saturated heterocycles. The van der Waals surface area contributed by atoms with Crippen LogP contribution in [0.1, 0.15) is 35.6 Å². The van der Waals surface area contributed by atoms with E-state index in [-0.39, 0.29) is 15.9 Å². The molecule has 6 atom stereocenters. The van der Waals surface area contributed by atoms with Gasteiger partial charge in [0.2, 0.25) is 0 Å². The second-order valence-electron chi connectivity index (χ2n) is 10.0. The highest BCUT2D eigenvalue weighted by atomic mass is 32.2. The van der Waals surface area contributed by atoms with E-state index in [1.54, 1.807) is 24.3 Å². The van der Waals surface area contributed by atoms with E-state index in [0.717, 1.165) is 16.7 Å². The highest BCUT2D eigenvalue weighted by Crippen LogP contribution is 2.41. The smallest absolute Gasteiger partial charge is 0.297 e. The van der Waals surface area contributed by atoms with Crippen LogP contribution in [0, 0.1) is 13.8 Å². The number of aryl methyl sites for hydroxylation is 2. The van der Waals surface area contributed by atoms with Crippen molar-refractivity contribution in [3.05, 3.63) is 95.6 Å². The zero-order valence-corrected chi connectivity index (χ0v) is 24.0. The molecule has 40 heavy (non-hydrogen) atoms. The first-order chi connectivity index (χ1) is 19.1. The fourth-order valence-corrected chi connectivity index (χ4v) is 7.14. The first-order valence-corrected chi connectivity index (χ1v) is 15.8. The van der Waals surface area contributed by atoms with Gasteiger partial charge in [0, 0.05) is 7.11 Å². The Labute approximate surface area is 235 Å². The van der Waals surface area contributed by atoms with Gasteiger partial charge in [-0.25, -0.2) is 0 Å². The van der Waals surface area contributed by atoms with E-state index in [1.807, 2.05) is 44.2 Å². The van der Waals surface area contributed by atoms with E-state index >= 15 is 0 Å². The van der Waals surface area contributed by atoms with Gasteiger partial charge in [-0.2, -0.15) is 16.8 Å². The summed E-state index contributed by atoms with van der Waals surface area (Å²) in [6, 6.07) is 21.8. The molecular formula is C29H32O9S2. The second kappa shape index (κ2) is 11.7. The molecule has 0 amide bonds. The Bertz CT molecular complexity index is 1510. The molecule has 2 heterocycles. The first kappa shape index (κ1) is 28.9. The molecule has 11 heteroatoms. The van der Waals surface area contributed by atoms with Crippen molar-refractivity contribution in [1.82, 2.24) is 0 Å². The fraction of sp³-hybridized carbons (Fsp3) is 0.379. The normalized spacial score (nSPS) is 27.2. The Hall–Kier alpha value is -2.64. The molecule has 0 saturated carbocycles. The van der Waals surface area contributed by atoms with Gasteiger partial charge in [0.1, 0.15) is 12.2 Å². The van der Waals surface area contributed by atoms with Crippen molar-refractivity contribution < 1.29 is 39.4 Å². The van der Waals surface area contributed by atoms with Crippen LogP contribution in [-0.2, 0) is 42.8 Å². The maximum atomic E-state index is 13.5. The third-order valence-corrected chi connectivity index (χ3v) is 9.77. The lowest BCUT2D eigenvalue weighted by atomic mass is 9.90. The Morgan fingerprint density at radius 3 is 1.73 bits per heavy atom. The second-order valence-corrected chi connectivity index (χ2v) is 13.2. The van der Waals surface area contributed by atoms with Gasteiger partial charge in [0.25, 0.3) is 20.2 Å². The lowest BCUT2D eigenvalue weighted by Crippen LogP contribution is -2.62. The lowest BCUT2D eigenvalue weighted by molar-refractivity contribution is -0.305. The van der Waals surface area contributed by atoms with Gasteiger partial charge in [-0.1, -0.05) is 65.7 Å². The topological polar surface area (TPSA) is 114 Å². The van der Waals surface area contributed by atoms with E-state index in [4.69, 9.17) is 22.6 Å². The van der Waals surface area contributed by atoms with Gasteiger partial charge >= 0.3 is 0 Å². The molecule has 3 unspecified atom stereocenters. The van der Waals surface area contributed by atoms with Crippen molar-refractivity contribution in [2.45, 2.75) is 73.3 Å². The maximum Gasteiger partial charge on any atom is 0.297 e. The van der Waals surface area contributed by atoms with Crippen LogP contribution in [0.3, 0.4) is 0 Å². The van der Waals surface area contributed by atoms with Crippen molar-refractivity contribution in [2.75, 3.05) is 7.11 Å². The third kappa shape index (κ3) is 6.15. The molecule has 0 aromatic heterocycles. The summed E-state index contributed by atoms with van der Waals surface area (Å²) >= 11 is 0. The Morgan fingerprint density at radius 2 is 1.20 bits per heavy atom. The van der Waals surface area contributed by atoms with Gasteiger partial charge in [0.15, 0.2) is 12.4 Å². The monoisotopic (exact) mass is 588 g/mol. The Kier molecular flexibility index (Phi) is 8.44. The van der Waals surface area contributed by atoms with Crippen molar-refractivity contribution in [1.29, 1.82) is 0 Å². The van der Waals surface area contributed by atoms with Crippen molar-refractivity contribution >= 4 is 20.2 Å². The minimum absolute atomic E-state index is 0.0781. The Balaban J connectivity index is 1.53. The summed E-state index contributed by atoms with van der Waals surface area (Å²) in [4.78, 5) is -0.174. The van der Waals surface area contributed by atoms with Gasteiger partial charge in [-0.05, 0) is 56.5 Å². The molecule has 0 radical (unpaired) electrons. The third-order valence-electron chi connectivity index (χ3n) is 7.12. The summed E-state index contributed by atoms with van der Waals surface area (Å²) in [6.07, 6.45) is -5.00. The molecule has 2 aliphatic heterocycles. The number of methoxy groups -OCH3 is 1. The van der Waals surface area contributed by atoms with Crippen LogP contribution in [0.4, 0.5) is 0 Å². The predicted molar refractivity (Wildman–Crippen MR) is 145 cm³/mol. The quantitative estimate of drug-likeness (QED) is 0.352. The van der Waals surface area contributed by atoms with Crippen LogP contribution < -0.4 is 0 Å². The summed E-state index contributed by atoms with van der Waals surface area (Å²) in [5.74, 6) is 0. The minimum Gasteiger partial charge on any atom is -0.365 e. The van der Waals surface area contributed by atoms with E-state index in [0.29, 0.717) is 12.8 Å². The number of fused-ring (bicyclic) bond motifs is 1. The van der Waals surface area contributed by atoms with Gasteiger partial charge in [-0.15, -0.1) is 0 Å². The van der Waals surface area contributed by atoms with Gasteiger partial charge in [-0.3, -0.25) is 8.37 Å². The van der Waals surface area contributed by atoms with Crippen molar-refractivity contribution in [3.8, 4) is 0 Å². The minimum atomic E-state index is -4.37. The number of ether oxygens (including phenoxy) is 3. The van der Waals surface area contributed by atoms with E-state index in [9.17, 15) is 16.8 Å². The zero-order valence-electron chi connectivity index (χ0n) is 22.4. The number of hydrogen-bond donors (Lipinski definition) is 0. The molecule has 0 bridgehead atoms. The van der Waals surface area contributed by atoms with E-state index in [1.165, 1.54) is 31.4 Å². The van der Waals surface area contributed by atoms with Crippen molar-refractivity contribution in [2.24, 2.45) is 0 Å². The number of hydrogen-bond acceptors (Lipinski definition) is 9. The summed E-state index contributed by atoms with van der Waals surface area (Å²) in [7, 11) is -7.40. The Morgan fingerprint density at radius 1 is 0.675 bits per heavy atom. The summed E-state index contributed by atoms with van der Waals surface area (Å²) in [5, 5.41) is 0. The van der Waals surface area contributed by atoms with Gasteiger partial charge in [0.05, 0.1) is 22.0 Å². The highest BCUT2D eigenvalue weighted by molar-refractivity contribution is 7.87. The molecular weight excluding hydrogens is 556 g/mol. The molecule has 214 valence electrons. The predicted octanol–water partition coefficient (Wildman–Crippen LogP) is 4.44. The standard InChI is InChI=1S/C29H32O9S2/c1-19-9-13-22(14-10-19)39(30,31)37-27-26-25(18-17-24(35-26)21-7-5-4-6-8-21)36-29(34-3)28(27)38-40(32,33)23-15-11-20(2)12-16-23/h4-16,24-29H,17-18H2,1-3H3/t24?,25?,26-,27-,28+,29?/m0/s1. The summed E-state index contributed by atoms with van der Waals surface area (Å²) in [6.45, 7) is 3.67. The molecule has 9 nitrogen and oxygen atoms in total. The van der Waals surface area contributed by atoms with E-state index in [2.05, 4.69) is 0 Å². The van der Waals surface area contributed by atoms with Crippen LogP contribution in [0.25, 0.3) is 0 Å². The SMILES string of the molecule is COC1OC2CCC(c3ccccc3)O[C@@H]2[C@H](OS(=O)(=O)c2ccc(C)cc2)[C@H]1OS(=O)(=O)c1ccc(C)cc1. The molecule has 3 aromatic rings. The summed E-state index contributed by atoms with van der Waals surface area (Å²) in [5.41, 5.74) is 2.64. The number of benzene rings is 3. The molecule has 2 aliphatic rings. The van der Waals surface area contributed by atoms with Crippen LogP contribution in [0.2, 0.25) is 0 Å². The molecule has 2 fully saturated rings.